The van der Waals surface area contributed by atoms with Gasteiger partial charge in [-0.25, -0.2) is 4.79 Å². The molecule has 2 amide bonds. The van der Waals surface area contributed by atoms with Gasteiger partial charge in [0.25, 0.3) is 5.97 Å². The zero-order valence-corrected chi connectivity index (χ0v) is 13.4. The van der Waals surface area contributed by atoms with Crippen LogP contribution < -0.4 is 5.73 Å². The van der Waals surface area contributed by atoms with Crippen molar-refractivity contribution in [2.45, 2.75) is 44.4 Å². The first kappa shape index (κ1) is 19.8. The van der Waals surface area contributed by atoms with E-state index in [0.29, 0.717) is 19.4 Å². The lowest BCUT2D eigenvalue weighted by Crippen LogP contribution is -2.52. The molecule has 2 rings (SSSR count). The number of nitrogens with two attached hydrogens (primary N) is 1. The molecule has 0 aromatic carbocycles. The Morgan fingerprint density at radius 2 is 1.71 bits per heavy atom. The number of carbonyl (C=O) groups is 4. The third-order valence-electron chi connectivity index (χ3n) is 3.88. The predicted molar refractivity (Wildman–Crippen MR) is 80.9 cm³/mol. The summed E-state index contributed by atoms with van der Waals surface area (Å²) in [7, 11) is 0. The summed E-state index contributed by atoms with van der Waals surface area (Å²) in [6.45, 7) is 1.37. The zero-order chi connectivity index (χ0) is 18.4. The summed E-state index contributed by atoms with van der Waals surface area (Å²) >= 11 is 0. The van der Waals surface area contributed by atoms with E-state index in [-0.39, 0.29) is 25.4 Å². The third-order valence-corrected chi connectivity index (χ3v) is 3.88. The van der Waals surface area contributed by atoms with Crippen LogP contribution in [0.15, 0.2) is 0 Å². The molecule has 2 aliphatic heterocycles. The van der Waals surface area contributed by atoms with Crippen molar-refractivity contribution in [3.8, 4) is 0 Å². The van der Waals surface area contributed by atoms with Gasteiger partial charge in [-0.2, -0.15) is 0 Å². The van der Waals surface area contributed by atoms with E-state index in [1.54, 1.807) is 0 Å². The number of aliphatic carboxylic acids is 2. The van der Waals surface area contributed by atoms with Crippen LogP contribution in [0.25, 0.3) is 0 Å². The molecule has 0 spiro atoms. The van der Waals surface area contributed by atoms with Crippen LogP contribution in [0.5, 0.6) is 0 Å². The molecule has 136 valence electrons. The largest absolute Gasteiger partial charge is 0.481 e. The highest BCUT2D eigenvalue weighted by molar-refractivity contribution is 5.91. The summed E-state index contributed by atoms with van der Waals surface area (Å²) in [5.41, 5.74) is 5.32. The summed E-state index contributed by atoms with van der Waals surface area (Å²) in [5.74, 6) is -2.69. The fraction of sp³-hybridized carbons (Fsp3) is 0.714. The van der Waals surface area contributed by atoms with Gasteiger partial charge in [-0.3, -0.25) is 14.4 Å². The number of amides is 2. The van der Waals surface area contributed by atoms with Crippen LogP contribution >= 0.6 is 0 Å². The lowest BCUT2D eigenvalue weighted by molar-refractivity contribution is -0.151. The van der Waals surface area contributed by atoms with Gasteiger partial charge in [-0.15, -0.1) is 0 Å². The minimum absolute atomic E-state index is 0.00302. The molecular weight excluding hydrogens is 322 g/mol. The van der Waals surface area contributed by atoms with E-state index in [9.17, 15) is 19.5 Å². The van der Waals surface area contributed by atoms with Crippen molar-refractivity contribution in [2.24, 2.45) is 5.73 Å². The molecule has 2 aliphatic rings. The molecule has 2 saturated heterocycles. The molecule has 0 saturated carbocycles. The second kappa shape index (κ2) is 8.60. The van der Waals surface area contributed by atoms with Crippen LogP contribution in [0.1, 0.15) is 26.2 Å². The Kier molecular flexibility index (Phi) is 7.11. The van der Waals surface area contributed by atoms with Crippen molar-refractivity contribution in [1.29, 1.82) is 0 Å². The molecular formula is C14H23N3O7. The molecule has 10 heteroatoms. The molecule has 2 heterocycles. The summed E-state index contributed by atoms with van der Waals surface area (Å²) < 4.78 is 0. The van der Waals surface area contributed by atoms with E-state index >= 15 is 0 Å². The lowest BCUT2D eigenvalue weighted by atomic mass is 10.1. The van der Waals surface area contributed by atoms with Crippen LogP contribution in [0.4, 0.5) is 0 Å². The van der Waals surface area contributed by atoms with Gasteiger partial charge in [0.1, 0.15) is 12.1 Å². The van der Waals surface area contributed by atoms with Gasteiger partial charge in [0.15, 0.2) is 0 Å². The van der Waals surface area contributed by atoms with Crippen molar-refractivity contribution in [3.05, 3.63) is 0 Å². The van der Waals surface area contributed by atoms with E-state index in [1.807, 2.05) is 0 Å². The molecule has 3 atom stereocenters. The first-order chi connectivity index (χ1) is 11.2. The molecule has 0 aliphatic carbocycles. The number of aliphatic hydroxyl groups excluding tert-OH is 1. The Morgan fingerprint density at radius 1 is 1.12 bits per heavy atom. The number of hydrogen-bond acceptors (Lipinski definition) is 6. The average Bonchev–Trinajstić information content (AvgIpc) is 3.11. The standard InChI is InChI=1S/C12H19N3O5.C2H4O2/c13-5-10(17)14-3-1-2-8(14)11(18)15-6-7(16)4-9(15)12(19)20;1-2(3)4/h7-9,16H,1-6,13H2,(H,19,20);1H3,(H,3,4)/t7?,8-,9-;/m0./s1. The van der Waals surface area contributed by atoms with Crippen molar-refractivity contribution >= 4 is 23.8 Å². The normalized spacial score (nSPS) is 25.9. The van der Waals surface area contributed by atoms with Gasteiger partial charge in [0.05, 0.1) is 12.6 Å². The number of rotatable bonds is 3. The average molecular weight is 345 g/mol. The molecule has 2 fully saturated rings. The fourth-order valence-corrected chi connectivity index (χ4v) is 2.92. The topological polar surface area (TPSA) is 161 Å². The number of hydrogen-bond donors (Lipinski definition) is 4. The van der Waals surface area contributed by atoms with E-state index in [0.717, 1.165) is 6.92 Å². The Morgan fingerprint density at radius 3 is 2.21 bits per heavy atom. The maximum Gasteiger partial charge on any atom is 0.326 e. The molecule has 10 nitrogen and oxygen atoms in total. The van der Waals surface area contributed by atoms with Gasteiger partial charge >= 0.3 is 5.97 Å². The maximum atomic E-state index is 12.5. The minimum atomic E-state index is -1.13. The number of likely N-dealkylation sites (tertiary alicyclic amines) is 2. The highest BCUT2D eigenvalue weighted by Crippen LogP contribution is 2.25. The SMILES string of the molecule is CC(=O)O.NCC(=O)N1CCC[C@H]1C(=O)N1CC(O)C[C@H]1C(=O)O. The van der Waals surface area contributed by atoms with E-state index in [4.69, 9.17) is 20.7 Å². The van der Waals surface area contributed by atoms with Crippen molar-refractivity contribution < 1.29 is 34.5 Å². The van der Waals surface area contributed by atoms with Crippen molar-refractivity contribution in [1.82, 2.24) is 9.80 Å². The van der Waals surface area contributed by atoms with Crippen molar-refractivity contribution in [2.75, 3.05) is 19.6 Å². The summed E-state index contributed by atoms with van der Waals surface area (Å²) in [5, 5.41) is 26.1. The first-order valence-electron chi connectivity index (χ1n) is 7.59. The third kappa shape index (κ3) is 4.90. The molecule has 0 bridgehead atoms. The van der Waals surface area contributed by atoms with E-state index < -0.39 is 36.0 Å². The second-order valence-corrected chi connectivity index (χ2v) is 5.70. The zero-order valence-electron chi connectivity index (χ0n) is 13.4. The van der Waals surface area contributed by atoms with Gasteiger partial charge in [-0.1, -0.05) is 0 Å². The highest BCUT2D eigenvalue weighted by Gasteiger charge is 2.44. The van der Waals surface area contributed by atoms with Crippen LogP contribution in [0.3, 0.4) is 0 Å². The van der Waals surface area contributed by atoms with Gasteiger partial charge in [0, 0.05) is 26.4 Å². The molecule has 0 radical (unpaired) electrons. The Hall–Kier alpha value is -2.20. The quantitative estimate of drug-likeness (QED) is 0.460. The lowest BCUT2D eigenvalue weighted by Gasteiger charge is -2.29. The number of carbonyl (C=O) groups excluding carboxylic acids is 2. The van der Waals surface area contributed by atoms with Gasteiger partial charge in [0.2, 0.25) is 11.8 Å². The number of nitrogens with zero attached hydrogens (tertiary/aromatic N) is 2. The van der Waals surface area contributed by atoms with Crippen molar-refractivity contribution in [3.63, 3.8) is 0 Å². The van der Waals surface area contributed by atoms with Gasteiger partial charge in [-0.05, 0) is 12.8 Å². The first-order valence-corrected chi connectivity index (χ1v) is 7.59. The number of β-amino-alcohol motifs (C(OH)–C–C–N with tert-alkyl or cyclic N) is 1. The van der Waals surface area contributed by atoms with E-state index in [2.05, 4.69) is 0 Å². The van der Waals surface area contributed by atoms with Crippen LogP contribution in [-0.4, -0.2) is 86.7 Å². The van der Waals surface area contributed by atoms with Gasteiger partial charge < -0.3 is 30.9 Å². The minimum Gasteiger partial charge on any atom is -0.481 e. The molecule has 1 unspecified atom stereocenters. The monoisotopic (exact) mass is 345 g/mol. The maximum absolute atomic E-state index is 12.5. The van der Waals surface area contributed by atoms with Crippen LogP contribution in [0, 0.1) is 0 Å². The van der Waals surface area contributed by atoms with Crippen LogP contribution in [0.2, 0.25) is 0 Å². The number of carboxylic acids is 2. The Bertz CT molecular complexity index is 507. The Labute approximate surface area is 138 Å². The summed E-state index contributed by atoms with van der Waals surface area (Å²) in [6.07, 6.45) is 0.387. The highest BCUT2D eigenvalue weighted by atomic mass is 16.4. The summed E-state index contributed by atoms with van der Waals surface area (Å²) in [6, 6.07) is -1.67. The smallest absolute Gasteiger partial charge is 0.326 e. The summed E-state index contributed by atoms with van der Waals surface area (Å²) in [4.78, 5) is 46.9. The number of aliphatic hydroxyl groups is 1. The molecule has 0 aromatic rings. The molecule has 0 aromatic heterocycles. The Balaban J connectivity index is 0.000000648. The predicted octanol–water partition coefficient (Wildman–Crippen LogP) is -1.93. The van der Waals surface area contributed by atoms with Crippen LogP contribution in [-0.2, 0) is 19.2 Å². The number of carboxylic acid groups (broad SMARTS) is 2. The van der Waals surface area contributed by atoms with E-state index in [1.165, 1.54) is 9.80 Å². The molecule has 24 heavy (non-hydrogen) atoms. The second-order valence-electron chi connectivity index (χ2n) is 5.70. The molecule has 5 N–H and O–H groups in total. The fourth-order valence-electron chi connectivity index (χ4n) is 2.92.